The molecule has 0 unspecified atom stereocenters. The molecule has 4 N–H and O–H groups in total. The van der Waals surface area contributed by atoms with Gasteiger partial charge in [0.2, 0.25) is 0 Å². The van der Waals surface area contributed by atoms with Crippen LogP contribution in [0.2, 0.25) is 0 Å². The molecule has 1 heterocycles. The van der Waals surface area contributed by atoms with Crippen molar-refractivity contribution in [3.8, 4) is 5.75 Å². The van der Waals surface area contributed by atoms with Crippen molar-refractivity contribution < 1.29 is 20.1 Å². The zero-order chi connectivity index (χ0) is 12.8. The van der Waals surface area contributed by atoms with E-state index in [0.717, 1.165) is 25.4 Å². The third kappa shape index (κ3) is 4.29. The summed E-state index contributed by atoms with van der Waals surface area (Å²) in [6.45, 7) is 7.84. The zero-order valence-electron chi connectivity index (χ0n) is 11.1. The Kier molecular flexibility index (Phi) is 4.99. The minimum absolute atomic E-state index is 0.376. The molecule has 1 aliphatic rings. The monoisotopic (exact) mass is 252 g/mol. The van der Waals surface area contributed by atoms with E-state index >= 15 is 0 Å². The fraction of sp³-hybridized carbons (Fsp3) is 0.571. The van der Waals surface area contributed by atoms with Crippen LogP contribution in [-0.2, 0) is 0 Å². The lowest BCUT2D eigenvalue weighted by Gasteiger charge is -2.24. The molecule has 2 rings (SSSR count). The second-order valence-corrected chi connectivity index (χ2v) is 5.10. The van der Waals surface area contributed by atoms with Crippen LogP contribution < -0.4 is 15.0 Å². The van der Waals surface area contributed by atoms with Crippen LogP contribution in [-0.4, -0.2) is 50.5 Å². The second-order valence-electron chi connectivity index (χ2n) is 5.10. The van der Waals surface area contributed by atoms with Gasteiger partial charge < -0.3 is 20.1 Å². The van der Waals surface area contributed by atoms with E-state index in [1.54, 1.807) is 0 Å². The first-order chi connectivity index (χ1) is 8.74. The van der Waals surface area contributed by atoms with E-state index in [1.807, 2.05) is 24.3 Å². The molecular weight excluding hydrogens is 228 g/mol. The topological polar surface area (TPSA) is 50.5 Å². The number of hydrogen-bond donors (Lipinski definition) is 3. The van der Waals surface area contributed by atoms with E-state index in [9.17, 15) is 5.11 Å². The van der Waals surface area contributed by atoms with Crippen LogP contribution >= 0.6 is 0 Å². The van der Waals surface area contributed by atoms with Crippen molar-refractivity contribution in [1.82, 2.24) is 0 Å². The summed E-state index contributed by atoms with van der Waals surface area (Å²) in [5.41, 5.74) is 1.22. The lowest BCUT2D eigenvalue weighted by molar-refractivity contribution is -0.949. The molecule has 0 saturated carbocycles. The van der Waals surface area contributed by atoms with Gasteiger partial charge in [-0.25, -0.2) is 0 Å². The molecule has 0 spiro atoms. The molecule has 18 heavy (non-hydrogen) atoms. The van der Waals surface area contributed by atoms with Crippen molar-refractivity contribution in [2.75, 3.05) is 39.3 Å². The third-order valence-corrected chi connectivity index (χ3v) is 3.39. The van der Waals surface area contributed by atoms with Crippen LogP contribution in [0.5, 0.6) is 5.75 Å². The van der Waals surface area contributed by atoms with E-state index < -0.39 is 0 Å². The van der Waals surface area contributed by atoms with Gasteiger partial charge in [-0.05, 0) is 19.1 Å². The number of hydrogen-bond acceptors (Lipinski definition) is 2. The molecule has 100 valence electrons. The van der Waals surface area contributed by atoms with Gasteiger partial charge in [0.1, 0.15) is 51.2 Å². The van der Waals surface area contributed by atoms with Crippen LogP contribution in [0, 0.1) is 6.92 Å². The maximum absolute atomic E-state index is 9.96. The predicted octanol–water partition coefficient (Wildman–Crippen LogP) is -1.80. The molecule has 0 bridgehead atoms. The number of piperazine rings is 1. The first-order valence-electron chi connectivity index (χ1n) is 6.77. The van der Waals surface area contributed by atoms with Crippen molar-refractivity contribution >= 4 is 0 Å². The van der Waals surface area contributed by atoms with Crippen molar-refractivity contribution in [3.63, 3.8) is 0 Å². The van der Waals surface area contributed by atoms with Crippen molar-refractivity contribution in [3.05, 3.63) is 29.8 Å². The Bertz CT molecular complexity index is 347. The number of benzene rings is 1. The zero-order valence-corrected chi connectivity index (χ0v) is 11.1. The second kappa shape index (κ2) is 6.73. The molecule has 4 nitrogen and oxygen atoms in total. The molecular formula is C14H24N2O2+2. The predicted molar refractivity (Wildman–Crippen MR) is 69.9 cm³/mol. The van der Waals surface area contributed by atoms with Gasteiger partial charge in [-0.3, -0.25) is 0 Å². The maximum Gasteiger partial charge on any atom is 0.137 e. The first kappa shape index (κ1) is 13.3. The highest BCUT2D eigenvalue weighted by atomic mass is 16.5. The molecule has 0 radical (unpaired) electrons. The Morgan fingerprint density at radius 2 is 1.94 bits per heavy atom. The number of aryl methyl sites for hydroxylation is 1. The van der Waals surface area contributed by atoms with Crippen LogP contribution in [0.3, 0.4) is 0 Å². The number of quaternary nitrogens is 2. The van der Waals surface area contributed by atoms with E-state index in [-0.39, 0.29) is 6.10 Å². The average Bonchev–Trinajstić information content (AvgIpc) is 2.39. The quantitative estimate of drug-likeness (QED) is 0.579. The summed E-state index contributed by atoms with van der Waals surface area (Å²) in [5.74, 6) is 0.835. The van der Waals surface area contributed by atoms with Gasteiger partial charge >= 0.3 is 0 Å². The number of aliphatic hydroxyl groups excluding tert-OH is 1. The SMILES string of the molecule is Cc1ccc(OC[C@@H](O)C[NH+]2CC[NH2+]CC2)cc1. The molecule has 1 aromatic carbocycles. The van der Waals surface area contributed by atoms with Gasteiger partial charge in [0.05, 0.1) is 0 Å². The molecule has 4 heteroatoms. The highest BCUT2D eigenvalue weighted by Crippen LogP contribution is 2.11. The molecule has 1 atom stereocenters. The van der Waals surface area contributed by atoms with Crippen LogP contribution in [0.1, 0.15) is 5.56 Å². The smallest absolute Gasteiger partial charge is 0.137 e. The lowest BCUT2D eigenvalue weighted by Crippen LogP contribution is -3.21. The van der Waals surface area contributed by atoms with Gasteiger partial charge in [-0.2, -0.15) is 0 Å². The summed E-state index contributed by atoms with van der Waals surface area (Å²) in [6.07, 6.45) is -0.376. The summed E-state index contributed by atoms with van der Waals surface area (Å²) < 4.78 is 5.59. The Morgan fingerprint density at radius 3 is 2.61 bits per heavy atom. The largest absolute Gasteiger partial charge is 0.491 e. The molecule has 0 amide bonds. The Morgan fingerprint density at radius 1 is 1.28 bits per heavy atom. The van der Waals surface area contributed by atoms with E-state index in [1.165, 1.54) is 23.6 Å². The Labute approximate surface area is 109 Å². The van der Waals surface area contributed by atoms with Gasteiger partial charge in [0, 0.05) is 0 Å². The average molecular weight is 252 g/mol. The number of aliphatic hydroxyl groups is 1. The summed E-state index contributed by atoms with van der Waals surface area (Å²) in [7, 11) is 0. The number of ether oxygens (including phenoxy) is 1. The molecule has 0 aliphatic carbocycles. The normalized spacial score (nSPS) is 18.6. The maximum atomic E-state index is 9.96. The standard InChI is InChI=1S/C14H22N2O2/c1-12-2-4-14(5-3-12)18-11-13(17)10-16-8-6-15-7-9-16/h2-5,13,15,17H,6-11H2,1H3/p+2/t13-/m0/s1. The summed E-state index contributed by atoms with van der Waals surface area (Å²) in [6, 6.07) is 7.94. The van der Waals surface area contributed by atoms with Crippen LogP contribution in [0.4, 0.5) is 0 Å². The van der Waals surface area contributed by atoms with Gasteiger partial charge in [0.25, 0.3) is 0 Å². The summed E-state index contributed by atoms with van der Waals surface area (Å²) in [5, 5.41) is 12.3. The van der Waals surface area contributed by atoms with E-state index in [0.29, 0.717) is 6.61 Å². The third-order valence-electron chi connectivity index (χ3n) is 3.39. The molecule has 1 saturated heterocycles. The van der Waals surface area contributed by atoms with Crippen LogP contribution in [0.15, 0.2) is 24.3 Å². The fourth-order valence-corrected chi connectivity index (χ4v) is 2.30. The number of nitrogens with two attached hydrogens (primary N) is 1. The van der Waals surface area contributed by atoms with Crippen molar-refractivity contribution in [2.45, 2.75) is 13.0 Å². The van der Waals surface area contributed by atoms with E-state index in [4.69, 9.17) is 4.74 Å². The summed E-state index contributed by atoms with van der Waals surface area (Å²) >= 11 is 0. The van der Waals surface area contributed by atoms with Crippen molar-refractivity contribution in [2.24, 2.45) is 0 Å². The minimum atomic E-state index is -0.376. The highest BCUT2D eigenvalue weighted by molar-refractivity contribution is 5.26. The molecule has 0 aromatic heterocycles. The number of rotatable bonds is 5. The van der Waals surface area contributed by atoms with Crippen molar-refractivity contribution in [1.29, 1.82) is 0 Å². The Hall–Kier alpha value is -1.10. The van der Waals surface area contributed by atoms with Gasteiger partial charge in [0.15, 0.2) is 0 Å². The highest BCUT2D eigenvalue weighted by Gasteiger charge is 2.19. The Balaban J connectivity index is 1.70. The fourth-order valence-electron chi connectivity index (χ4n) is 2.30. The van der Waals surface area contributed by atoms with Gasteiger partial charge in [-0.15, -0.1) is 0 Å². The molecule has 1 fully saturated rings. The lowest BCUT2D eigenvalue weighted by atomic mass is 10.2. The molecule has 1 aliphatic heterocycles. The molecule has 1 aromatic rings. The van der Waals surface area contributed by atoms with Gasteiger partial charge in [-0.1, -0.05) is 17.7 Å². The van der Waals surface area contributed by atoms with Crippen LogP contribution in [0.25, 0.3) is 0 Å². The van der Waals surface area contributed by atoms with E-state index in [2.05, 4.69) is 12.2 Å². The minimum Gasteiger partial charge on any atom is -0.491 e. The first-order valence-corrected chi connectivity index (χ1v) is 6.77. The number of nitrogens with one attached hydrogen (secondary N) is 1. The summed E-state index contributed by atoms with van der Waals surface area (Å²) in [4.78, 5) is 1.48.